The lowest BCUT2D eigenvalue weighted by atomic mass is 10.2. The van der Waals surface area contributed by atoms with Crippen molar-refractivity contribution in [3.8, 4) is 0 Å². The van der Waals surface area contributed by atoms with E-state index < -0.39 is 0 Å². The molecule has 0 unspecified atom stereocenters. The molecule has 15 heavy (non-hydrogen) atoms. The van der Waals surface area contributed by atoms with E-state index in [-0.39, 0.29) is 5.78 Å². The van der Waals surface area contributed by atoms with Crippen LogP contribution in [0.25, 0.3) is 0 Å². The van der Waals surface area contributed by atoms with E-state index in [2.05, 4.69) is 36.2 Å². The molecule has 0 fully saturated rings. The van der Waals surface area contributed by atoms with Gasteiger partial charge in [0.05, 0.1) is 5.56 Å². The lowest BCUT2D eigenvalue weighted by Gasteiger charge is -1.99. The van der Waals surface area contributed by atoms with Crippen LogP contribution in [0.5, 0.6) is 0 Å². The number of aromatic nitrogens is 5. The van der Waals surface area contributed by atoms with E-state index in [0.29, 0.717) is 15.9 Å². The first-order valence-corrected chi connectivity index (χ1v) is 4.84. The second-order valence-electron chi connectivity index (χ2n) is 2.81. The van der Waals surface area contributed by atoms with Gasteiger partial charge in [0, 0.05) is 19.4 Å². The summed E-state index contributed by atoms with van der Waals surface area (Å²) in [6, 6.07) is 0. The van der Waals surface area contributed by atoms with Crippen LogP contribution < -0.4 is 0 Å². The molecule has 0 aliphatic rings. The van der Waals surface area contributed by atoms with E-state index in [0.717, 1.165) is 0 Å². The molecule has 0 amide bonds. The van der Waals surface area contributed by atoms with Crippen molar-refractivity contribution < 1.29 is 4.79 Å². The first kappa shape index (κ1) is 9.91. The molecule has 0 N–H and O–H groups in total. The number of ketones is 1. The SMILES string of the molecule is Cn1nnc(Br)c1C(=O)c1cncnc1. The summed E-state index contributed by atoms with van der Waals surface area (Å²) < 4.78 is 1.82. The highest BCUT2D eigenvalue weighted by Crippen LogP contribution is 2.15. The number of rotatable bonds is 2. The van der Waals surface area contributed by atoms with Crippen LogP contribution in [0, 0.1) is 0 Å². The van der Waals surface area contributed by atoms with E-state index in [1.54, 1.807) is 7.05 Å². The fourth-order valence-corrected chi connectivity index (χ4v) is 1.63. The summed E-state index contributed by atoms with van der Waals surface area (Å²) in [5.41, 5.74) is 0.786. The lowest BCUT2D eigenvalue weighted by Crippen LogP contribution is -2.09. The van der Waals surface area contributed by atoms with Crippen molar-refractivity contribution in [2.45, 2.75) is 0 Å². The second-order valence-corrected chi connectivity index (χ2v) is 3.56. The molecular weight excluding hydrogens is 262 g/mol. The van der Waals surface area contributed by atoms with Gasteiger partial charge in [-0.05, 0) is 15.9 Å². The van der Waals surface area contributed by atoms with E-state index >= 15 is 0 Å². The number of carbonyl (C=O) groups is 1. The predicted molar refractivity (Wildman–Crippen MR) is 54.2 cm³/mol. The highest BCUT2D eigenvalue weighted by molar-refractivity contribution is 9.10. The van der Waals surface area contributed by atoms with Gasteiger partial charge in [0.15, 0.2) is 4.60 Å². The Bertz CT molecular complexity index is 475. The normalized spacial score (nSPS) is 10.3. The van der Waals surface area contributed by atoms with Gasteiger partial charge in [-0.1, -0.05) is 5.21 Å². The van der Waals surface area contributed by atoms with E-state index in [9.17, 15) is 4.79 Å². The summed E-state index contributed by atoms with van der Waals surface area (Å²) in [7, 11) is 1.65. The third-order valence-corrected chi connectivity index (χ3v) is 2.36. The molecule has 0 bridgehead atoms. The lowest BCUT2D eigenvalue weighted by molar-refractivity contribution is 0.102. The van der Waals surface area contributed by atoms with Crippen molar-refractivity contribution in [1.82, 2.24) is 25.0 Å². The van der Waals surface area contributed by atoms with Crippen LogP contribution >= 0.6 is 15.9 Å². The molecule has 2 heterocycles. The first-order chi connectivity index (χ1) is 7.20. The number of halogens is 1. The molecular formula is C8H6BrN5O. The molecule has 2 aromatic rings. The fraction of sp³-hybridized carbons (Fsp3) is 0.125. The summed E-state index contributed by atoms with van der Waals surface area (Å²) in [5.74, 6) is -0.213. The molecule has 0 radical (unpaired) electrons. The number of aryl methyl sites for hydroxylation is 1. The van der Waals surface area contributed by atoms with Crippen molar-refractivity contribution in [1.29, 1.82) is 0 Å². The van der Waals surface area contributed by atoms with Gasteiger partial charge in [-0.25, -0.2) is 14.6 Å². The molecule has 76 valence electrons. The van der Waals surface area contributed by atoms with Crippen molar-refractivity contribution in [2.24, 2.45) is 7.05 Å². The number of nitrogens with zero attached hydrogens (tertiary/aromatic N) is 5. The van der Waals surface area contributed by atoms with Crippen LogP contribution in [0.4, 0.5) is 0 Å². The molecule has 0 aliphatic carbocycles. The van der Waals surface area contributed by atoms with Gasteiger partial charge in [-0.3, -0.25) is 4.79 Å². The monoisotopic (exact) mass is 267 g/mol. The Morgan fingerprint density at radius 1 is 1.40 bits per heavy atom. The zero-order chi connectivity index (χ0) is 10.8. The van der Waals surface area contributed by atoms with Crippen molar-refractivity contribution in [2.75, 3.05) is 0 Å². The van der Waals surface area contributed by atoms with Crippen molar-refractivity contribution in [3.63, 3.8) is 0 Å². The Morgan fingerprint density at radius 2 is 2.07 bits per heavy atom. The van der Waals surface area contributed by atoms with Gasteiger partial charge in [0.1, 0.15) is 12.0 Å². The van der Waals surface area contributed by atoms with E-state index in [1.807, 2.05) is 0 Å². The van der Waals surface area contributed by atoms with Gasteiger partial charge in [-0.2, -0.15) is 0 Å². The molecule has 0 saturated carbocycles. The third-order valence-electron chi connectivity index (χ3n) is 1.82. The quantitative estimate of drug-likeness (QED) is 0.745. The molecule has 6 nitrogen and oxygen atoms in total. The van der Waals surface area contributed by atoms with Crippen LogP contribution in [0.1, 0.15) is 16.1 Å². The van der Waals surface area contributed by atoms with Crippen LogP contribution in [0.3, 0.4) is 0 Å². The highest BCUT2D eigenvalue weighted by atomic mass is 79.9. The van der Waals surface area contributed by atoms with Crippen LogP contribution in [-0.2, 0) is 7.05 Å². The second kappa shape index (κ2) is 3.85. The van der Waals surface area contributed by atoms with Gasteiger partial charge in [-0.15, -0.1) is 5.10 Å². The Labute approximate surface area is 93.5 Å². The van der Waals surface area contributed by atoms with E-state index in [4.69, 9.17) is 0 Å². The maximum absolute atomic E-state index is 11.9. The summed E-state index contributed by atoms with van der Waals surface area (Å²) >= 11 is 3.16. The average Bonchev–Trinajstić information content (AvgIpc) is 2.59. The minimum atomic E-state index is -0.213. The number of carbonyl (C=O) groups excluding carboxylic acids is 1. The fourth-order valence-electron chi connectivity index (χ4n) is 1.13. The summed E-state index contributed by atoms with van der Waals surface area (Å²) in [6.45, 7) is 0. The number of hydrogen-bond acceptors (Lipinski definition) is 5. The standard InChI is InChI=1S/C8H6BrN5O/c1-14-6(8(9)12-13-14)7(15)5-2-10-4-11-3-5/h2-4H,1H3. The zero-order valence-electron chi connectivity index (χ0n) is 7.75. The molecule has 0 atom stereocenters. The Morgan fingerprint density at radius 3 is 2.60 bits per heavy atom. The summed E-state index contributed by atoms with van der Waals surface area (Å²) in [4.78, 5) is 19.5. The van der Waals surface area contributed by atoms with Gasteiger partial charge in [0.2, 0.25) is 5.78 Å². The van der Waals surface area contributed by atoms with Crippen molar-refractivity contribution in [3.05, 3.63) is 34.6 Å². The smallest absolute Gasteiger partial charge is 0.216 e. The predicted octanol–water partition coefficient (Wildman–Crippen LogP) is 0.599. The minimum absolute atomic E-state index is 0.213. The van der Waals surface area contributed by atoms with Crippen molar-refractivity contribution >= 4 is 21.7 Å². The first-order valence-electron chi connectivity index (χ1n) is 4.05. The summed E-state index contributed by atoms with van der Waals surface area (Å²) in [5, 5.41) is 7.45. The van der Waals surface area contributed by atoms with Crippen LogP contribution in [0.2, 0.25) is 0 Å². The number of hydrogen-bond donors (Lipinski definition) is 0. The molecule has 2 rings (SSSR count). The maximum Gasteiger partial charge on any atom is 0.216 e. The molecule has 2 aromatic heterocycles. The molecule has 0 spiro atoms. The van der Waals surface area contributed by atoms with E-state index in [1.165, 1.54) is 23.4 Å². The van der Waals surface area contributed by atoms with Gasteiger partial charge in [0.25, 0.3) is 0 Å². The topological polar surface area (TPSA) is 73.6 Å². The Hall–Kier alpha value is -1.63. The maximum atomic E-state index is 11.9. The van der Waals surface area contributed by atoms with Gasteiger partial charge < -0.3 is 0 Å². The minimum Gasteiger partial charge on any atom is -0.287 e. The highest BCUT2D eigenvalue weighted by Gasteiger charge is 2.18. The Balaban J connectivity index is 2.46. The van der Waals surface area contributed by atoms with Crippen LogP contribution in [-0.4, -0.2) is 30.7 Å². The Kier molecular flexibility index (Phi) is 2.55. The molecule has 0 saturated heterocycles. The van der Waals surface area contributed by atoms with Gasteiger partial charge >= 0.3 is 0 Å². The largest absolute Gasteiger partial charge is 0.287 e. The summed E-state index contributed by atoms with van der Waals surface area (Å²) in [6.07, 6.45) is 4.27. The zero-order valence-corrected chi connectivity index (χ0v) is 9.34. The molecule has 7 heteroatoms. The van der Waals surface area contributed by atoms with Crippen LogP contribution in [0.15, 0.2) is 23.3 Å². The molecule has 0 aliphatic heterocycles. The third kappa shape index (κ3) is 1.78. The average molecular weight is 268 g/mol. The molecule has 0 aromatic carbocycles.